The minimum Gasteiger partial charge on any atom is -0.460 e. The maximum absolute atomic E-state index is 11.8. The highest BCUT2D eigenvalue weighted by Crippen LogP contribution is 2.16. The van der Waals surface area contributed by atoms with Crippen LogP contribution in [0.4, 0.5) is 0 Å². The number of esters is 1. The van der Waals surface area contributed by atoms with Gasteiger partial charge in [0.25, 0.3) is 0 Å². The minimum atomic E-state index is -0.630. The molecular formula is C12H23NO5. The summed E-state index contributed by atoms with van der Waals surface area (Å²) in [5.41, 5.74) is -0.586. The van der Waals surface area contributed by atoms with Gasteiger partial charge in [-0.25, -0.2) is 5.06 Å². The van der Waals surface area contributed by atoms with Crippen LogP contribution in [0.1, 0.15) is 33.6 Å². The number of carbonyl (C=O) groups is 2. The molecule has 0 spiro atoms. The lowest BCUT2D eigenvalue weighted by Gasteiger charge is -2.23. The van der Waals surface area contributed by atoms with Crippen LogP contribution in [0, 0.1) is 5.92 Å². The Balaban J connectivity index is 4.53. The number of aliphatic hydroxyl groups excluding tert-OH is 1. The molecule has 0 aliphatic carbocycles. The number of rotatable bonds is 6. The number of hydrogen-bond donors (Lipinski definition) is 1. The summed E-state index contributed by atoms with van der Waals surface area (Å²) in [6.45, 7) is 5.11. The maximum atomic E-state index is 11.8. The molecule has 0 rings (SSSR count). The monoisotopic (exact) mass is 261 g/mol. The third kappa shape index (κ3) is 6.56. The van der Waals surface area contributed by atoms with Crippen LogP contribution in [0.2, 0.25) is 0 Å². The van der Waals surface area contributed by atoms with Crippen molar-refractivity contribution in [2.24, 2.45) is 5.92 Å². The van der Waals surface area contributed by atoms with Crippen LogP contribution in [0.5, 0.6) is 0 Å². The maximum Gasteiger partial charge on any atom is 0.307 e. The molecule has 0 radical (unpaired) electrons. The van der Waals surface area contributed by atoms with Crippen molar-refractivity contribution in [3.8, 4) is 0 Å². The molecule has 1 N–H and O–H groups in total. The molecule has 0 heterocycles. The molecule has 0 unspecified atom stereocenters. The van der Waals surface area contributed by atoms with Gasteiger partial charge in [-0.05, 0) is 27.2 Å². The Hall–Kier alpha value is -1.14. The highest BCUT2D eigenvalue weighted by Gasteiger charge is 2.27. The van der Waals surface area contributed by atoms with Gasteiger partial charge in [-0.3, -0.25) is 14.4 Å². The average molecular weight is 261 g/mol. The van der Waals surface area contributed by atoms with Crippen molar-refractivity contribution in [1.29, 1.82) is 0 Å². The molecule has 0 aromatic carbocycles. The number of amides is 1. The van der Waals surface area contributed by atoms with Gasteiger partial charge in [0.15, 0.2) is 0 Å². The molecule has 0 aromatic rings. The van der Waals surface area contributed by atoms with Crippen LogP contribution in [0.25, 0.3) is 0 Å². The van der Waals surface area contributed by atoms with Gasteiger partial charge in [0, 0.05) is 13.7 Å². The molecule has 1 amide bonds. The molecule has 0 aliphatic rings. The highest BCUT2D eigenvalue weighted by molar-refractivity contribution is 5.83. The van der Waals surface area contributed by atoms with E-state index in [4.69, 9.17) is 14.7 Å². The summed E-state index contributed by atoms with van der Waals surface area (Å²) in [4.78, 5) is 28.3. The first-order valence-electron chi connectivity index (χ1n) is 5.85. The molecule has 1 atom stereocenters. The third-order valence-electron chi connectivity index (χ3n) is 2.24. The zero-order valence-corrected chi connectivity index (χ0v) is 11.7. The fraction of sp³-hybridized carbons (Fsp3) is 0.833. The van der Waals surface area contributed by atoms with E-state index in [0.717, 1.165) is 5.06 Å². The van der Waals surface area contributed by atoms with Gasteiger partial charge in [-0.1, -0.05) is 0 Å². The molecule has 6 heteroatoms. The van der Waals surface area contributed by atoms with Gasteiger partial charge in [0.2, 0.25) is 5.91 Å². The van der Waals surface area contributed by atoms with E-state index in [1.807, 2.05) is 0 Å². The van der Waals surface area contributed by atoms with Crippen LogP contribution < -0.4 is 0 Å². The van der Waals surface area contributed by atoms with Crippen LogP contribution in [0.15, 0.2) is 0 Å². The van der Waals surface area contributed by atoms with E-state index < -0.39 is 17.5 Å². The molecule has 0 fully saturated rings. The molecule has 106 valence electrons. The fourth-order valence-electron chi connectivity index (χ4n) is 1.40. The molecule has 18 heavy (non-hydrogen) atoms. The predicted octanol–water partition coefficient (Wildman–Crippen LogP) is 0.737. The van der Waals surface area contributed by atoms with Gasteiger partial charge in [-0.2, -0.15) is 0 Å². The summed E-state index contributed by atoms with van der Waals surface area (Å²) in [5, 5.41) is 9.97. The summed E-state index contributed by atoms with van der Waals surface area (Å²) in [5.74, 6) is -1.44. The van der Waals surface area contributed by atoms with Crippen LogP contribution in [0.3, 0.4) is 0 Å². The van der Waals surface area contributed by atoms with E-state index in [1.165, 1.54) is 14.2 Å². The fourth-order valence-corrected chi connectivity index (χ4v) is 1.40. The van der Waals surface area contributed by atoms with Crippen LogP contribution in [-0.4, -0.2) is 48.4 Å². The summed E-state index contributed by atoms with van der Waals surface area (Å²) in [6.07, 6.45) is 0.135. The Labute approximate surface area is 108 Å². The highest BCUT2D eigenvalue weighted by atomic mass is 16.7. The van der Waals surface area contributed by atoms with Crippen LogP contribution >= 0.6 is 0 Å². The van der Waals surface area contributed by atoms with E-state index in [0.29, 0.717) is 0 Å². The van der Waals surface area contributed by atoms with Gasteiger partial charge in [0.05, 0.1) is 19.4 Å². The standard InChI is InChI=1S/C12H23NO5/c1-12(2,3)18-10(15)8-9(6-7-14)11(16)13(4)17-5/h9,14H,6-8H2,1-5H3/t9-/m1/s1. The molecule has 0 saturated heterocycles. The summed E-state index contributed by atoms with van der Waals surface area (Å²) in [7, 11) is 2.82. The van der Waals surface area contributed by atoms with E-state index in [1.54, 1.807) is 20.8 Å². The van der Waals surface area contributed by atoms with Gasteiger partial charge >= 0.3 is 5.97 Å². The largest absolute Gasteiger partial charge is 0.460 e. The predicted molar refractivity (Wildman–Crippen MR) is 65.4 cm³/mol. The Morgan fingerprint density at radius 1 is 1.33 bits per heavy atom. The minimum absolute atomic E-state index is 0.0651. The molecular weight excluding hydrogens is 238 g/mol. The summed E-state index contributed by atoms with van der Waals surface area (Å²) in [6, 6.07) is 0. The van der Waals surface area contributed by atoms with Gasteiger partial charge < -0.3 is 9.84 Å². The van der Waals surface area contributed by atoms with E-state index in [2.05, 4.69) is 0 Å². The number of nitrogens with zero attached hydrogens (tertiary/aromatic N) is 1. The van der Waals surface area contributed by atoms with Crippen molar-refractivity contribution in [2.75, 3.05) is 20.8 Å². The van der Waals surface area contributed by atoms with Crippen molar-refractivity contribution < 1.29 is 24.3 Å². The first kappa shape index (κ1) is 16.9. The van der Waals surface area contributed by atoms with Crippen molar-refractivity contribution in [3.05, 3.63) is 0 Å². The first-order chi connectivity index (χ1) is 8.21. The second kappa shape index (κ2) is 7.33. The third-order valence-corrected chi connectivity index (χ3v) is 2.24. The molecule has 6 nitrogen and oxygen atoms in total. The lowest BCUT2D eigenvalue weighted by Crippen LogP contribution is -2.35. The Morgan fingerprint density at radius 2 is 1.89 bits per heavy atom. The number of ether oxygens (including phenoxy) is 1. The number of aliphatic hydroxyl groups is 1. The molecule has 0 bridgehead atoms. The topological polar surface area (TPSA) is 76.1 Å². The zero-order valence-electron chi connectivity index (χ0n) is 11.7. The normalized spacial score (nSPS) is 13.0. The van der Waals surface area contributed by atoms with Crippen LogP contribution in [-0.2, 0) is 19.2 Å². The Morgan fingerprint density at radius 3 is 2.28 bits per heavy atom. The zero-order chi connectivity index (χ0) is 14.3. The number of hydrogen-bond acceptors (Lipinski definition) is 5. The lowest BCUT2D eigenvalue weighted by molar-refractivity contribution is -0.177. The number of carbonyl (C=O) groups excluding carboxylic acids is 2. The lowest BCUT2D eigenvalue weighted by atomic mass is 10.0. The Kier molecular flexibility index (Phi) is 6.86. The molecule has 0 aromatic heterocycles. The molecule has 0 aliphatic heterocycles. The van der Waals surface area contributed by atoms with Crippen molar-refractivity contribution in [3.63, 3.8) is 0 Å². The average Bonchev–Trinajstić information content (AvgIpc) is 2.23. The second-order valence-corrected chi connectivity index (χ2v) is 5.02. The number of hydroxylamine groups is 2. The van der Waals surface area contributed by atoms with E-state index in [-0.39, 0.29) is 25.4 Å². The van der Waals surface area contributed by atoms with E-state index in [9.17, 15) is 9.59 Å². The van der Waals surface area contributed by atoms with Crippen molar-refractivity contribution >= 4 is 11.9 Å². The summed E-state index contributed by atoms with van der Waals surface area (Å²) >= 11 is 0. The van der Waals surface area contributed by atoms with Crippen molar-refractivity contribution in [2.45, 2.75) is 39.2 Å². The van der Waals surface area contributed by atoms with Crippen molar-refractivity contribution in [1.82, 2.24) is 5.06 Å². The molecule has 0 saturated carbocycles. The Bertz CT molecular complexity index is 285. The van der Waals surface area contributed by atoms with E-state index >= 15 is 0 Å². The summed E-state index contributed by atoms with van der Waals surface area (Å²) < 4.78 is 5.15. The quantitative estimate of drug-likeness (QED) is 0.563. The van der Waals surface area contributed by atoms with Gasteiger partial charge in [0.1, 0.15) is 5.60 Å². The second-order valence-electron chi connectivity index (χ2n) is 5.02. The first-order valence-corrected chi connectivity index (χ1v) is 5.85. The smallest absolute Gasteiger partial charge is 0.307 e. The SMILES string of the molecule is CON(C)C(=O)[C@H](CCO)CC(=O)OC(C)(C)C. The van der Waals surface area contributed by atoms with Gasteiger partial charge in [-0.15, -0.1) is 0 Å².